The molecule has 13 heavy (non-hydrogen) atoms. The Kier molecular flexibility index (Phi) is 3.64. The van der Waals surface area contributed by atoms with Crippen molar-refractivity contribution in [3.05, 3.63) is 28.9 Å². The summed E-state index contributed by atoms with van der Waals surface area (Å²) in [6.07, 6.45) is 5.49. The minimum Gasteiger partial charge on any atom is -0.383 e. The lowest BCUT2D eigenvalue weighted by atomic mass is 10.2. The summed E-state index contributed by atoms with van der Waals surface area (Å²) in [6.45, 7) is 2.58. The first kappa shape index (κ1) is 9.92. The number of ether oxygens (including phenoxy) is 1. The second-order valence-corrected chi connectivity index (χ2v) is 2.84. The topological polar surface area (TPSA) is 44.1 Å². The molecule has 0 spiro atoms. The maximum absolute atomic E-state index is 11.3. The largest absolute Gasteiger partial charge is 0.383 e. The third-order valence-corrected chi connectivity index (χ3v) is 1.98. The van der Waals surface area contributed by atoms with E-state index in [2.05, 4.69) is 4.98 Å². The normalized spacial score (nSPS) is 12.8. The third-order valence-electron chi connectivity index (χ3n) is 1.98. The van der Waals surface area contributed by atoms with Crippen LogP contribution in [0.2, 0.25) is 0 Å². The molecule has 1 heterocycles. The molecule has 1 aromatic heterocycles. The van der Waals surface area contributed by atoms with E-state index in [-0.39, 0.29) is 11.6 Å². The Bertz CT molecular complexity index is 308. The highest BCUT2D eigenvalue weighted by Gasteiger charge is 2.08. The quantitative estimate of drug-likeness (QED) is 0.693. The molecule has 1 rings (SSSR count). The van der Waals surface area contributed by atoms with Crippen molar-refractivity contribution in [2.45, 2.75) is 19.4 Å². The zero-order valence-corrected chi connectivity index (χ0v) is 7.93. The predicted molar refractivity (Wildman–Crippen MR) is 49.7 cm³/mol. The van der Waals surface area contributed by atoms with E-state index in [4.69, 9.17) is 4.74 Å². The summed E-state index contributed by atoms with van der Waals surface area (Å²) in [7, 11) is 1.63. The minimum absolute atomic E-state index is 0.0774. The highest BCUT2D eigenvalue weighted by atomic mass is 16.5. The number of rotatable bonds is 4. The summed E-state index contributed by atoms with van der Waals surface area (Å²) >= 11 is 0. The van der Waals surface area contributed by atoms with Gasteiger partial charge in [0.05, 0.1) is 18.8 Å². The molecule has 0 aliphatic rings. The monoisotopic (exact) mass is 182 g/mol. The SMILES string of the molecule is CCC(COC)n1ccncc1=O. The average Bonchev–Trinajstić information content (AvgIpc) is 2.16. The van der Waals surface area contributed by atoms with Gasteiger partial charge in [0.1, 0.15) is 0 Å². The Morgan fingerprint density at radius 1 is 1.69 bits per heavy atom. The highest BCUT2D eigenvalue weighted by molar-refractivity contribution is 4.84. The molecule has 0 saturated heterocycles. The summed E-state index contributed by atoms with van der Waals surface area (Å²) < 4.78 is 6.67. The van der Waals surface area contributed by atoms with Crippen molar-refractivity contribution in [2.75, 3.05) is 13.7 Å². The molecule has 72 valence electrons. The van der Waals surface area contributed by atoms with Gasteiger partial charge in [-0.3, -0.25) is 9.78 Å². The number of hydrogen-bond acceptors (Lipinski definition) is 3. The predicted octanol–water partition coefficient (Wildman–Crippen LogP) is 0.841. The van der Waals surface area contributed by atoms with Crippen molar-refractivity contribution in [1.29, 1.82) is 0 Å². The summed E-state index contributed by atoms with van der Waals surface area (Å²) in [6, 6.07) is 0.112. The second-order valence-electron chi connectivity index (χ2n) is 2.84. The van der Waals surface area contributed by atoms with Crippen molar-refractivity contribution in [3.8, 4) is 0 Å². The van der Waals surface area contributed by atoms with Crippen LogP contribution in [0.4, 0.5) is 0 Å². The minimum atomic E-state index is -0.0774. The molecule has 0 bridgehead atoms. The van der Waals surface area contributed by atoms with Gasteiger partial charge in [0, 0.05) is 19.5 Å². The van der Waals surface area contributed by atoms with Crippen LogP contribution >= 0.6 is 0 Å². The molecule has 0 aliphatic heterocycles. The van der Waals surface area contributed by atoms with Crippen LogP contribution in [0.5, 0.6) is 0 Å². The highest BCUT2D eigenvalue weighted by Crippen LogP contribution is 2.07. The van der Waals surface area contributed by atoms with Crippen molar-refractivity contribution in [1.82, 2.24) is 9.55 Å². The van der Waals surface area contributed by atoms with E-state index < -0.39 is 0 Å². The summed E-state index contributed by atoms with van der Waals surface area (Å²) in [5.41, 5.74) is -0.0774. The Balaban J connectivity index is 2.91. The Morgan fingerprint density at radius 3 is 3.00 bits per heavy atom. The molecular formula is C9H14N2O2. The fourth-order valence-corrected chi connectivity index (χ4v) is 1.25. The molecule has 0 fully saturated rings. The molecule has 4 nitrogen and oxygen atoms in total. The lowest BCUT2D eigenvalue weighted by Gasteiger charge is -2.16. The zero-order valence-electron chi connectivity index (χ0n) is 7.93. The summed E-state index contributed by atoms with van der Waals surface area (Å²) in [4.78, 5) is 15.1. The van der Waals surface area contributed by atoms with Gasteiger partial charge in [-0.1, -0.05) is 6.92 Å². The van der Waals surface area contributed by atoms with E-state index >= 15 is 0 Å². The van der Waals surface area contributed by atoms with Crippen LogP contribution in [0, 0.1) is 0 Å². The maximum Gasteiger partial charge on any atom is 0.269 e. The maximum atomic E-state index is 11.3. The van der Waals surface area contributed by atoms with Gasteiger partial charge >= 0.3 is 0 Å². The van der Waals surface area contributed by atoms with Crippen LogP contribution in [0.15, 0.2) is 23.4 Å². The summed E-state index contributed by atoms with van der Waals surface area (Å²) in [5.74, 6) is 0. The first-order valence-corrected chi connectivity index (χ1v) is 4.30. The lowest BCUT2D eigenvalue weighted by molar-refractivity contribution is 0.151. The molecule has 0 amide bonds. The molecule has 1 atom stereocenters. The van der Waals surface area contributed by atoms with Crippen molar-refractivity contribution < 1.29 is 4.74 Å². The van der Waals surface area contributed by atoms with Crippen LogP contribution in [0.3, 0.4) is 0 Å². The molecule has 0 N–H and O–H groups in total. The number of aromatic nitrogens is 2. The van der Waals surface area contributed by atoms with Gasteiger partial charge in [0.25, 0.3) is 5.56 Å². The van der Waals surface area contributed by atoms with Crippen LogP contribution in [0.1, 0.15) is 19.4 Å². The zero-order chi connectivity index (χ0) is 9.68. The molecular weight excluding hydrogens is 168 g/mol. The van der Waals surface area contributed by atoms with Crippen molar-refractivity contribution in [3.63, 3.8) is 0 Å². The average molecular weight is 182 g/mol. The van der Waals surface area contributed by atoms with E-state index in [0.29, 0.717) is 6.61 Å². The molecule has 0 saturated carbocycles. The molecule has 1 unspecified atom stereocenters. The first-order chi connectivity index (χ1) is 6.29. The number of hydrogen-bond donors (Lipinski definition) is 0. The van der Waals surface area contributed by atoms with Gasteiger partial charge in [0.15, 0.2) is 0 Å². The second kappa shape index (κ2) is 4.77. The smallest absolute Gasteiger partial charge is 0.269 e. The Hall–Kier alpha value is -1.16. The van der Waals surface area contributed by atoms with Crippen LogP contribution in [-0.2, 0) is 4.74 Å². The van der Waals surface area contributed by atoms with E-state index in [1.54, 1.807) is 24.1 Å². The van der Waals surface area contributed by atoms with Gasteiger partial charge in [-0.2, -0.15) is 0 Å². The Labute approximate surface area is 77.2 Å². The lowest BCUT2D eigenvalue weighted by Crippen LogP contribution is -2.26. The van der Waals surface area contributed by atoms with Crippen LogP contribution in [0.25, 0.3) is 0 Å². The fraction of sp³-hybridized carbons (Fsp3) is 0.556. The third kappa shape index (κ3) is 2.39. The van der Waals surface area contributed by atoms with Gasteiger partial charge in [-0.15, -0.1) is 0 Å². The number of nitrogens with zero attached hydrogens (tertiary/aromatic N) is 2. The summed E-state index contributed by atoms with van der Waals surface area (Å²) in [5, 5.41) is 0. The van der Waals surface area contributed by atoms with Gasteiger partial charge in [-0.05, 0) is 6.42 Å². The van der Waals surface area contributed by atoms with Crippen LogP contribution < -0.4 is 5.56 Å². The fourth-order valence-electron chi connectivity index (χ4n) is 1.25. The van der Waals surface area contributed by atoms with E-state index in [1.807, 2.05) is 6.92 Å². The van der Waals surface area contributed by atoms with Crippen molar-refractivity contribution >= 4 is 0 Å². The van der Waals surface area contributed by atoms with Crippen LogP contribution in [-0.4, -0.2) is 23.3 Å². The Morgan fingerprint density at radius 2 is 2.46 bits per heavy atom. The van der Waals surface area contributed by atoms with Gasteiger partial charge in [0.2, 0.25) is 0 Å². The van der Waals surface area contributed by atoms with Crippen molar-refractivity contribution in [2.24, 2.45) is 0 Å². The molecule has 4 heteroatoms. The van der Waals surface area contributed by atoms with E-state index in [0.717, 1.165) is 6.42 Å². The first-order valence-electron chi connectivity index (χ1n) is 4.30. The standard InChI is InChI=1S/C9H14N2O2/c1-3-8(7-13-2)11-5-4-10-6-9(11)12/h4-6,8H,3,7H2,1-2H3. The molecule has 0 radical (unpaired) electrons. The molecule has 0 aliphatic carbocycles. The van der Waals surface area contributed by atoms with E-state index in [1.165, 1.54) is 6.20 Å². The van der Waals surface area contributed by atoms with Gasteiger partial charge in [-0.25, -0.2) is 0 Å². The molecule has 0 aromatic carbocycles. The molecule has 1 aromatic rings. The van der Waals surface area contributed by atoms with Gasteiger partial charge < -0.3 is 9.30 Å². The number of methoxy groups -OCH3 is 1. The van der Waals surface area contributed by atoms with E-state index in [9.17, 15) is 4.79 Å².